The molecule has 0 aromatic carbocycles. The number of hydrogen-bond donors (Lipinski definition) is 3. The number of fused-ring (bicyclic) bond motifs is 1. The van der Waals surface area contributed by atoms with E-state index in [0.29, 0.717) is 0 Å². The molecule has 0 amide bonds. The van der Waals surface area contributed by atoms with Crippen LogP contribution in [0.5, 0.6) is 0 Å². The van der Waals surface area contributed by atoms with Crippen molar-refractivity contribution in [1.82, 2.24) is 14.5 Å². The maximum absolute atomic E-state index is 14.1. The van der Waals surface area contributed by atoms with Crippen molar-refractivity contribution in [3.63, 3.8) is 0 Å². The van der Waals surface area contributed by atoms with Gasteiger partial charge in [-0.2, -0.15) is 0 Å². The second-order valence-electron chi connectivity index (χ2n) is 5.44. The predicted molar refractivity (Wildman–Crippen MR) is 83.8 cm³/mol. The largest absolute Gasteiger partial charge is 0.387 e. The summed E-state index contributed by atoms with van der Waals surface area (Å²) in [6, 6.07) is 0. The number of aliphatic hydroxyl groups is 3. The average molecular weight is 356 g/mol. The molecule has 7 nitrogen and oxygen atoms in total. The van der Waals surface area contributed by atoms with Gasteiger partial charge in [0.2, 0.25) is 0 Å². The Hall–Kier alpha value is -1.84. The zero-order valence-electron chi connectivity index (χ0n) is 12.4. The first-order valence-corrected chi connectivity index (χ1v) is 7.42. The Labute approximate surface area is 141 Å². The number of aliphatic hydroxyl groups excluding tert-OH is 3. The highest BCUT2D eigenvalue weighted by Crippen LogP contribution is 2.36. The maximum atomic E-state index is 14.1. The van der Waals surface area contributed by atoms with Crippen molar-refractivity contribution in [3.05, 3.63) is 48.3 Å². The third-order valence-corrected chi connectivity index (χ3v) is 4.31. The van der Waals surface area contributed by atoms with E-state index in [1.165, 1.54) is 10.6 Å². The molecule has 0 bridgehead atoms. The minimum absolute atomic E-state index is 0.0241. The highest BCUT2D eigenvalue weighted by molar-refractivity contribution is 6.34. The van der Waals surface area contributed by atoms with Crippen LogP contribution in [-0.4, -0.2) is 54.3 Å². The summed E-state index contributed by atoms with van der Waals surface area (Å²) in [5.41, 5.74) is 0.322. The van der Waals surface area contributed by atoms with Crippen LogP contribution in [0.2, 0.25) is 5.15 Å². The smallest absolute Gasteiger partial charge is 0.164 e. The van der Waals surface area contributed by atoms with Crippen LogP contribution in [0.15, 0.2) is 37.3 Å². The second kappa shape index (κ2) is 6.23. The Morgan fingerprint density at radius 3 is 2.79 bits per heavy atom. The highest BCUT2D eigenvalue weighted by Gasteiger charge is 2.47. The quantitative estimate of drug-likeness (QED) is 0.557. The van der Waals surface area contributed by atoms with Gasteiger partial charge in [0, 0.05) is 6.20 Å². The highest BCUT2D eigenvalue weighted by atomic mass is 35.5. The van der Waals surface area contributed by atoms with Crippen molar-refractivity contribution in [2.75, 3.05) is 0 Å². The molecule has 1 aliphatic rings. The van der Waals surface area contributed by atoms with Gasteiger partial charge in [-0.25, -0.2) is 14.4 Å². The molecule has 3 N–H and O–H groups in total. The van der Waals surface area contributed by atoms with Crippen LogP contribution in [0.4, 0.5) is 4.39 Å². The number of nitrogens with zero attached hydrogens (tertiary/aromatic N) is 3. The van der Waals surface area contributed by atoms with Gasteiger partial charge in [0.15, 0.2) is 12.0 Å². The van der Waals surface area contributed by atoms with Crippen LogP contribution in [-0.2, 0) is 4.74 Å². The van der Waals surface area contributed by atoms with Gasteiger partial charge in [-0.15, -0.1) is 0 Å². The van der Waals surface area contributed by atoms with Crippen molar-refractivity contribution in [1.29, 1.82) is 0 Å². The molecule has 2 aromatic heterocycles. The summed E-state index contributed by atoms with van der Waals surface area (Å²) in [5, 5.41) is 30.5. The number of halogens is 2. The maximum Gasteiger partial charge on any atom is 0.164 e. The van der Waals surface area contributed by atoms with Gasteiger partial charge in [-0.3, -0.25) is 0 Å². The van der Waals surface area contributed by atoms with E-state index < -0.39 is 36.5 Å². The van der Waals surface area contributed by atoms with Crippen LogP contribution in [0.3, 0.4) is 0 Å². The number of aromatic nitrogens is 3. The van der Waals surface area contributed by atoms with Crippen molar-refractivity contribution < 1.29 is 24.4 Å². The lowest BCUT2D eigenvalue weighted by Crippen LogP contribution is -2.39. The Bertz CT molecular complexity index is 811. The summed E-state index contributed by atoms with van der Waals surface area (Å²) in [4.78, 5) is 7.65. The molecule has 0 aliphatic carbocycles. The molecule has 9 heteroatoms. The van der Waals surface area contributed by atoms with E-state index in [9.17, 15) is 19.7 Å². The fourth-order valence-electron chi connectivity index (χ4n) is 2.71. The first-order chi connectivity index (χ1) is 11.4. The molecule has 128 valence electrons. The Morgan fingerprint density at radius 1 is 1.42 bits per heavy atom. The third-order valence-electron chi connectivity index (χ3n) is 4.02. The topological polar surface area (TPSA) is 101 Å². The van der Waals surface area contributed by atoms with Crippen LogP contribution in [0.1, 0.15) is 6.23 Å². The van der Waals surface area contributed by atoms with Crippen LogP contribution >= 0.6 is 11.6 Å². The number of hydrogen-bond acceptors (Lipinski definition) is 6. The molecule has 1 fully saturated rings. The molecule has 5 atom stereocenters. The lowest BCUT2D eigenvalue weighted by atomic mass is 10.0. The molecule has 0 saturated carbocycles. The standard InChI is InChI=1S/C15H15ClFN3O4/c1-3-6(2)9(21)12-10(22)11(23)15(24-12)20-4-7(17)8-13(16)18-5-19-14(8)20/h3-5,9-12,15,21-23H,1-2H2/t9-,10+,11-,12-,15-/m1/s1. The van der Waals surface area contributed by atoms with Gasteiger partial charge in [-0.05, 0) is 5.57 Å². The van der Waals surface area contributed by atoms with Gasteiger partial charge in [0.25, 0.3) is 0 Å². The summed E-state index contributed by atoms with van der Waals surface area (Å²) in [6.07, 6.45) is -2.94. The van der Waals surface area contributed by atoms with Gasteiger partial charge >= 0.3 is 0 Å². The molecule has 1 aliphatic heterocycles. The summed E-state index contributed by atoms with van der Waals surface area (Å²) in [6.45, 7) is 7.08. The summed E-state index contributed by atoms with van der Waals surface area (Å²) in [7, 11) is 0. The van der Waals surface area contributed by atoms with Crippen molar-refractivity contribution in [2.24, 2.45) is 0 Å². The molecular weight excluding hydrogens is 341 g/mol. The summed E-state index contributed by atoms with van der Waals surface area (Å²) in [5.74, 6) is -0.694. The van der Waals surface area contributed by atoms with Crippen LogP contribution < -0.4 is 0 Å². The minimum Gasteiger partial charge on any atom is -0.387 e. The molecule has 0 unspecified atom stereocenters. The molecule has 0 spiro atoms. The molecule has 3 rings (SSSR count). The van der Waals surface area contributed by atoms with Gasteiger partial charge in [-0.1, -0.05) is 30.8 Å². The van der Waals surface area contributed by atoms with Crippen molar-refractivity contribution in [2.45, 2.75) is 30.6 Å². The van der Waals surface area contributed by atoms with Crippen molar-refractivity contribution >= 4 is 22.6 Å². The van der Waals surface area contributed by atoms with Gasteiger partial charge < -0.3 is 24.6 Å². The van der Waals surface area contributed by atoms with Crippen LogP contribution in [0.25, 0.3) is 11.0 Å². The van der Waals surface area contributed by atoms with Crippen molar-refractivity contribution in [3.8, 4) is 0 Å². The molecule has 2 aromatic rings. The average Bonchev–Trinajstić information content (AvgIpc) is 3.05. The monoisotopic (exact) mass is 355 g/mol. The zero-order valence-corrected chi connectivity index (χ0v) is 13.1. The Balaban J connectivity index is 2.01. The number of rotatable bonds is 4. The Kier molecular flexibility index (Phi) is 4.41. The van der Waals surface area contributed by atoms with E-state index in [0.717, 1.165) is 12.5 Å². The molecule has 3 heterocycles. The zero-order chi connectivity index (χ0) is 17.6. The molecule has 1 saturated heterocycles. The molecule has 0 radical (unpaired) electrons. The normalized spacial score (nSPS) is 28.2. The number of ether oxygens (including phenoxy) is 1. The minimum atomic E-state index is -1.42. The first-order valence-electron chi connectivity index (χ1n) is 7.04. The van der Waals surface area contributed by atoms with E-state index in [1.807, 2.05) is 0 Å². The van der Waals surface area contributed by atoms with E-state index in [1.54, 1.807) is 0 Å². The predicted octanol–water partition coefficient (Wildman–Crippen LogP) is 0.946. The third kappa shape index (κ3) is 2.52. The Morgan fingerprint density at radius 2 is 2.12 bits per heavy atom. The van der Waals surface area contributed by atoms with E-state index in [2.05, 4.69) is 23.1 Å². The summed E-state index contributed by atoms with van der Waals surface area (Å²) >= 11 is 5.87. The first kappa shape index (κ1) is 17.0. The lowest BCUT2D eigenvalue weighted by Gasteiger charge is -2.21. The van der Waals surface area contributed by atoms with Gasteiger partial charge in [0.1, 0.15) is 41.5 Å². The fraction of sp³-hybridized carbons (Fsp3) is 0.333. The lowest BCUT2D eigenvalue weighted by molar-refractivity contribution is -0.0717. The van der Waals surface area contributed by atoms with E-state index >= 15 is 0 Å². The van der Waals surface area contributed by atoms with Crippen LogP contribution in [0, 0.1) is 5.82 Å². The second-order valence-corrected chi connectivity index (χ2v) is 5.80. The molecule has 24 heavy (non-hydrogen) atoms. The molecular formula is C15H15ClFN3O4. The van der Waals surface area contributed by atoms with E-state index in [4.69, 9.17) is 16.3 Å². The fourth-order valence-corrected chi connectivity index (χ4v) is 2.92. The van der Waals surface area contributed by atoms with E-state index in [-0.39, 0.29) is 21.8 Å². The summed E-state index contributed by atoms with van der Waals surface area (Å²) < 4.78 is 20.9. The van der Waals surface area contributed by atoms with Gasteiger partial charge in [0.05, 0.1) is 5.39 Å². The SMILES string of the molecule is C=CC(=C)[C@@H](O)[C@H]1O[C@@H](n2cc(F)c3c(Cl)ncnc32)[C@H](O)[C@@H]1O.